The van der Waals surface area contributed by atoms with E-state index in [-0.39, 0.29) is 5.69 Å². The van der Waals surface area contributed by atoms with E-state index in [9.17, 15) is 18.0 Å². The average molecular weight is 406 g/mol. The maximum absolute atomic E-state index is 13.2. The minimum atomic E-state index is -4.50. The zero-order valence-electron chi connectivity index (χ0n) is 15.8. The Morgan fingerprint density at radius 2 is 1.90 bits per heavy atom. The molecule has 0 atom stereocenters. The van der Waals surface area contributed by atoms with Gasteiger partial charge in [-0.3, -0.25) is 4.79 Å². The number of halogens is 3. The number of alkyl halides is 3. The van der Waals surface area contributed by atoms with Crippen LogP contribution in [0.1, 0.15) is 11.1 Å². The zero-order chi connectivity index (χ0) is 20.9. The van der Waals surface area contributed by atoms with E-state index in [2.05, 4.69) is 5.32 Å². The molecule has 1 fully saturated rings. The van der Waals surface area contributed by atoms with Crippen LogP contribution in [0.5, 0.6) is 5.75 Å². The number of para-hydroxylation sites is 1. The molecule has 0 spiro atoms. The van der Waals surface area contributed by atoms with Crippen molar-refractivity contribution in [1.29, 1.82) is 0 Å². The number of hydrogen-bond donors (Lipinski definition) is 1. The second kappa shape index (κ2) is 9.00. The zero-order valence-corrected chi connectivity index (χ0v) is 15.8. The fourth-order valence-corrected chi connectivity index (χ4v) is 3.04. The van der Waals surface area contributed by atoms with E-state index < -0.39 is 17.6 Å². The number of methoxy groups -OCH3 is 1. The van der Waals surface area contributed by atoms with E-state index in [1.165, 1.54) is 19.3 Å². The van der Waals surface area contributed by atoms with Gasteiger partial charge < -0.3 is 19.7 Å². The Labute approximate surface area is 166 Å². The second-order valence-electron chi connectivity index (χ2n) is 6.39. The Morgan fingerprint density at radius 3 is 2.59 bits per heavy atom. The average Bonchev–Trinajstić information content (AvgIpc) is 2.72. The largest absolute Gasteiger partial charge is 0.496 e. The normalized spacial score (nSPS) is 14.8. The summed E-state index contributed by atoms with van der Waals surface area (Å²) in [4.78, 5) is 14.3. The van der Waals surface area contributed by atoms with Gasteiger partial charge in [0.05, 0.1) is 37.3 Å². The van der Waals surface area contributed by atoms with Crippen LogP contribution in [-0.2, 0) is 15.7 Å². The Balaban J connectivity index is 1.85. The standard InChI is InChI=1S/C21H21F3N2O3/c1-28-19-5-3-2-4-15(19)6-9-20(27)25-17-14-16(21(22,23)24)7-8-18(17)26-10-12-29-13-11-26/h2-9,14H,10-13H2,1H3,(H,25,27)/b9-6+. The van der Waals surface area contributed by atoms with E-state index >= 15 is 0 Å². The SMILES string of the molecule is COc1ccccc1/C=C/C(=O)Nc1cc(C(F)(F)F)ccc1N1CCOCC1. The minimum absolute atomic E-state index is 0.108. The molecule has 2 aromatic rings. The minimum Gasteiger partial charge on any atom is -0.496 e. The lowest BCUT2D eigenvalue weighted by molar-refractivity contribution is -0.137. The van der Waals surface area contributed by atoms with Crippen LogP contribution < -0.4 is 15.0 Å². The maximum Gasteiger partial charge on any atom is 0.416 e. The molecule has 1 saturated heterocycles. The first-order chi connectivity index (χ1) is 13.9. The number of ether oxygens (including phenoxy) is 2. The molecule has 0 saturated carbocycles. The van der Waals surface area contributed by atoms with Crippen LogP contribution in [0.3, 0.4) is 0 Å². The topological polar surface area (TPSA) is 50.8 Å². The van der Waals surface area contributed by atoms with Crippen molar-refractivity contribution in [2.75, 3.05) is 43.6 Å². The molecule has 0 aliphatic carbocycles. The molecule has 1 aliphatic heterocycles. The molecule has 1 aliphatic rings. The first kappa shape index (κ1) is 20.7. The lowest BCUT2D eigenvalue weighted by atomic mass is 10.1. The van der Waals surface area contributed by atoms with Crippen molar-refractivity contribution in [2.45, 2.75) is 6.18 Å². The van der Waals surface area contributed by atoms with Crippen LogP contribution >= 0.6 is 0 Å². The molecule has 3 rings (SSSR count). The van der Waals surface area contributed by atoms with Crippen LogP contribution in [-0.4, -0.2) is 39.3 Å². The Bertz CT molecular complexity index is 891. The van der Waals surface area contributed by atoms with Crippen LogP contribution in [0.15, 0.2) is 48.5 Å². The first-order valence-electron chi connectivity index (χ1n) is 9.04. The van der Waals surface area contributed by atoms with Gasteiger partial charge in [0.25, 0.3) is 0 Å². The molecular weight excluding hydrogens is 385 g/mol. The molecule has 0 bridgehead atoms. The fraction of sp³-hybridized carbons (Fsp3) is 0.286. The van der Waals surface area contributed by atoms with E-state index in [0.29, 0.717) is 43.3 Å². The lowest BCUT2D eigenvalue weighted by Crippen LogP contribution is -2.36. The van der Waals surface area contributed by atoms with Gasteiger partial charge in [0, 0.05) is 24.7 Å². The quantitative estimate of drug-likeness (QED) is 0.756. The summed E-state index contributed by atoms with van der Waals surface area (Å²) in [6, 6.07) is 10.5. The summed E-state index contributed by atoms with van der Waals surface area (Å²) in [6.07, 6.45) is -1.69. The Morgan fingerprint density at radius 1 is 1.17 bits per heavy atom. The fourth-order valence-electron chi connectivity index (χ4n) is 3.04. The van der Waals surface area contributed by atoms with Gasteiger partial charge in [0.2, 0.25) is 5.91 Å². The summed E-state index contributed by atoms with van der Waals surface area (Å²) in [5.41, 5.74) is 0.498. The number of morpholine rings is 1. The lowest BCUT2D eigenvalue weighted by Gasteiger charge is -2.30. The third kappa shape index (κ3) is 5.29. The van der Waals surface area contributed by atoms with Gasteiger partial charge in [0.15, 0.2) is 0 Å². The summed E-state index contributed by atoms with van der Waals surface area (Å²) in [5.74, 6) is 0.0503. The van der Waals surface area contributed by atoms with Gasteiger partial charge in [-0.25, -0.2) is 0 Å². The molecule has 154 valence electrons. The third-order valence-electron chi connectivity index (χ3n) is 4.49. The molecule has 5 nitrogen and oxygen atoms in total. The van der Waals surface area contributed by atoms with E-state index in [1.54, 1.807) is 30.3 Å². The number of carbonyl (C=O) groups is 1. The van der Waals surface area contributed by atoms with E-state index in [0.717, 1.165) is 12.1 Å². The molecule has 0 unspecified atom stereocenters. The van der Waals surface area contributed by atoms with Gasteiger partial charge in [-0.1, -0.05) is 18.2 Å². The highest BCUT2D eigenvalue weighted by molar-refractivity contribution is 6.04. The molecule has 8 heteroatoms. The number of amides is 1. The molecule has 0 radical (unpaired) electrons. The summed E-state index contributed by atoms with van der Waals surface area (Å²) in [6.45, 7) is 2.01. The smallest absolute Gasteiger partial charge is 0.416 e. The summed E-state index contributed by atoms with van der Waals surface area (Å²) >= 11 is 0. The highest BCUT2D eigenvalue weighted by Crippen LogP contribution is 2.35. The summed E-state index contributed by atoms with van der Waals surface area (Å²) < 4.78 is 50.0. The van der Waals surface area contributed by atoms with Crippen molar-refractivity contribution in [3.8, 4) is 5.75 Å². The Hall–Kier alpha value is -3.00. The van der Waals surface area contributed by atoms with Crippen LogP contribution in [0.25, 0.3) is 6.08 Å². The maximum atomic E-state index is 13.2. The Kier molecular flexibility index (Phi) is 6.43. The number of benzene rings is 2. The molecular formula is C21H21F3N2O3. The van der Waals surface area contributed by atoms with Crippen LogP contribution in [0, 0.1) is 0 Å². The highest BCUT2D eigenvalue weighted by Gasteiger charge is 2.31. The third-order valence-corrected chi connectivity index (χ3v) is 4.49. The van der Waals surface area contributed by atoms with Crippen molar-refractivity contribution in [1.82, 2.24) is 0 Å². The van der Waals surface area contributed by atoms with Gasteiger partial charge in [-0.15, -0.1) is 0 Å². The van der Waals surface area contributed by atoms with Crippen molar-refractivity contribution >= 4 is 23.4 Å². The number of rotatable bonds is 5. The number of nitrogens with one attached hydrogen (secondary N) is 1. The number of anilines is 2. The summed E-state index contributed by atoms with van der Waals surface area (Å²) in [7, 11) is 1.52. The molecule has 2 aromatic carbocycles. The monoisotopic (exact) mass is 406 g/mol. The second-order valence-corrected chi connectivity index (χ2v) is 6.39. The van der Waals surface area contributed by atoms with Crippen molar-refractivity contribution < 1.29 is 27.4 Å². The van der Waals surface area contributed by atoms with Crippen LogP contribution in [0.4, 0.5) is 24.5 Å². The van der Waals surface area contributed by atoms with Crippen LogP contribution in [0.2, 0.25) is 0 Å². The van der Waals surface area contributed by atoms with Crippen molar-refractivity contribution in [3.05, 3.63) is 59.7 Å². The van der Waals surface area contributed by atoms with Gasteiger partial charge in [-0.2, -0.15) is 13.2 Å². The molecule has 29 heavy (non-hydrogen) atoms. The predicted octanol–water partition coefficient (Wildman–Crippen LogP) is 4.20. The molecule has 1 N–H and O–H groups in total. The van der Waals surface area contributed by atoms with Crippen molar-refractivity contribution in [2.24, 2.45) is 0 Å². The van der Waals surface area contributed by atoms with E-state index in [1.807, 2.05) is 4.90 Å². The van der Waals surface area contributed by atoms with Gasteiger partial charge in [-0.05, 0) is 30.3 Å². The summed E-state index contributed by atoms with van der Waals surface area (Å²) in [5, 5.41) is 2.58. The van der Waals surface area contributed by atoms with Gasteiger partial charge >= 0.3 is 6.18 Å². The number of hydrogen-bond acceptors (Lipinski definition) is 4. The first-order valence-corrected chi connectivity index (χ1v) is 9.04. The van der Waals surface area contributed by atoms with E-state index in [4.69, 9.17) is 9.47 Å². The molecule has 1 amide bonds. The van der Waals surface area contributed by atoms with Gasteiger partial charge in [0.1, 0.15) is 5.75 Å². The van der Waals surface area contributed by atoms with Crippen molar-refractivity contribution in [3.63, 3.8) is 0 Å². The number of nitrogens with zero attached hydrogens (tertiary/aromatic N) is 1. The predicted molar refractivity (Wildman–Crippen MR) is 105 cm³/mol. The highest BCUT2D eigenvalue weighted by atomic mass is 19.4. The molecule has 0 aromatic heterocycles. The molecule has 1 heterocycles. The number of carbonyl (C=O) groups excluding carboxylic acids is 1.